The van der Waals surface area contributed by atoms with Crippen molar-refractivity contribution in [1.29, 1.82) is 0 Å². The summed E-state index contributed by atoms with van der Waals surface area (Å²) in [4.78, 5) is 11.8. The molecule has 0 aliphatic rings. The number of aryl methyl sites for hydroxylation is 1. The van der Waals surface area contributed by atoms with E-state index in [1.54, 1.807) is 6.33 Å². The fraction of sp³-hybridized carbons (Fsp3) is 0.438. The first-order valence-electron chi connectivity index (χ1n) is 7.64. The molecule has 0 aliphatic heterocycles. The van der Waals surface area contributed by atoms with Gasteiger partial charge in [0.1, 0.15) is 6.33 Å². The van der Waals surface area contributed by atoms with Crippen molar-refractivity contribution in [3.8, 4) is 0 Å². The Morgan fingerprint density at radius 1 is 1.27 bits per heavy atom. The van der Waals surface area contributed by atoms with Gasteiger partial charge < -0.3 is 15.2 Å². The zero-order valence-electron chi connectivity index (χ0n) is 13.1. The number of rotatable bonds is 7. The Bertz CT molecular complexity index is 581. The molecule has 1 atom stereocenters. The monoisotopic (exact) mass is 301 g/mol. The van der Waals surface area contributed by atoms with Crippen LogP contribution in [0.5, 0.6) is 0 Å². The highest BCUT2D eigenvalue weighted by Crippen LogP contribution is 2.17. The number of benzene rings is 1. The van der Waals surface area contributed by atoms with Crippen LogP contribution in [-0.2, 0) is 13.1 Å². The van der Waals surface area contributed by atoms with Crippen LogP contribution in [0, 0.1) is 0 Å². The molecule has 0 bridgehead atoms. The molecule has 22 heavy (non-hydrogen) atoms. The smallest absolute Gasteiger partial charge is 0.315 e. The van der Waals surface area contributed by atoms with Crippen LogP contribution in [0.15, 0.2) is 36.7 Å². The van der Waals surface area contributed by atoms with Gasteiger partial charge in [0, 0.05) is 13.1 Å². The van der Waals surface area contributed by atoms with E-state index in [2.05, 4.69) is 39.9 Å². The first-order valence-corrected chi connectivity index (χ1v) is 7.64. The predicted molar refractivity (Wildman–Crippen MR) is 85.4 cm³/mol. The molecule has 0 unspecified atom stereocenters. The molecule has 2 N–H and O–H groups in total. The van der Waals surface area contributed by atoms with Gasteiger partial charge in [-0.05, 0) is 24.8 Å². The molecule has 1 heterocycles. The fourth-order valence-corrected chi connectivity index (χ4v) is 2.25. The van der Waals surface area contributed by atoms with Gasteiger partial charge in [-0.25, -0.2) is 4.79 Å². The number of urea groups is 1. The number of carbonyl (C=O) groups excluding carboxylic acids is 1. The van der Waals surface area contributed by atoms with Gasteiger partial charge in [0.05, 0.1) is 6.54 Å². The van der Waals surface area contributed by atoms with E-state index in [0.29, 0.717) is 19.0 Å². The Morgan fingerprint density at radius 3 is 2.77 bits per heavy atom. The third kappa shape index (κ3) is 4.58. The normalized spacial score (nSPS) is 11.9. The summed E-state index contributed by atoms with van der Waals surface area (Å²) in [5.74, 6) is 1.18. The third-order valence-corrected chi connectivity index (χ3v) is 3.67. The maximum atomic E-state index is 11.8. The lowest BCUT2D eigenvalue weighted by Crippen LogP contribution is -2.36. The van der Waals surface area contributed by atoms with E-state index >= 15 is 0 Å². The number of nitrogens with zero attached hydrogens (tertiary/aromatic N) is 3. The van der Waals surface area contributed by atoms with Gasteiger partial charge in [-0.15, -0.1) is 10.2 Å². The molecular weight excluding hydrogens is 278 g/mol. The molecule has 2 aromatic rings. The van der Waals surface area contributed by atoms with E-state index in [9.17, 15) is 4.79 Å². The van der Waals surface area contributed by atoms with Gasteiger partial charge in [-0.2, -0.15) is 0 Å². The second kappa shape index (κ2) is 8.17. The summed E-state index contributed by atoms with van der Waals surface area (Å²) < 4.78 is 1.90. The van der Waals surface area contributed by atoms with Crippen molar-refractivity contribution < 1.29 is 4.79 Å². The maximum Gasteiger partial charge on any atom is 0.315 e. The number of hydrogen-bond acceptors (Lipinski definition) is 3. The molecule has 6 nitrogen and oxygen atoms in total. The Kier molecular flexibility index (Phi) is 5.94. The van der Waals surface area contributed by atoms with Gasteiger partial charge >= 0.3 is 6.03 Å². The Hall–Kier alpha value is -2.37. The van der Waals surface area contributed by atoms with E-state index in [1.807, 2.05) is 29.7 Å². The largest absolute Gasteiger partial charge is 0.338 e. The molecule has 118 valence electrons. The molecule has 0 fully saturated rings. The molecule has 0 aliphatic carbocycles. The molecule has 0 radical (unpaired) electrons. The van der Waals surface area contributed by atoms with Gasteiger partial charge in [0.15, 0.2) is 5.82 Å². The lowest BCUT2D eigenvalue weighted by atomic mass is 9.98. The third-order valence-electron chi connectivity index (χ3n) is 3.67. The summed E-state index contributed by atoms with van der Waals surface area (Å²) in [5.41, 5.74) is 1.29. The van der Waals surface area contributed by atoms with Gasteiger partial charge in [0.25, 0.3) is 0 Å². The zero-order chi connectivity index (χ0) is 15.8. The average molecular weight is 301 g/mol. The molecule has 1 aromatic heterocycles. The maximum absolute atomic E-state index is 11.8. The van der Waals surface area contributed by atoms with Crippen LogP contribution in [0.1, 0.15) is 37.6 Å². The highest BCUT2D eigenvalue weighted by Gasteiger charge is 2.07. The van der Waals surface area contributed by atoms with Crippen LogP contribution in [0.25, 0.3) is 0 Å². The average Bonchev–Trinajstić information content (AvgIpc) is 3.01. The van der Waals surface area contributed by atoms with E-state index < -0.39 is 0 Å². The molecule has 2 amide bonds. The Balaban J connectivity index is 1.68. The van der Waals surface area contributed by atoms with Crippen LogP contribution in [0.4, 0.5) is 4.79 Å². The second-order valence-electron chi connectivity index (χ2n) is 5.24. The lowest BCUT2D eigenvalue weighted by molar-refractivity contribution is 0.239. The zero-order valence-corrected chi connectivity index (χ0v) is 13.1. The summed E-state index contributed by atoms with van der Waals surface area (Å²) in [5, 5.41) is 13.5. The number of aromatic nitrogens is 3. The van der Waals surface area contributed by atoms with Crippen molar-refractivity contribution in [2.45, 2.75) is 39.3 Å². The van der Waals surface area contributed by atoms with Crippen LogP contribution >= 0.6 is 0 Å². The Morgan fingerprint density at radius 2 is 2.05 bits per heavy atom. The number of amides is 2. The number of carbonyl (C=O) groups is 1. The molecule has 1 aromatic carbocycles. The predicted octanol–water partition coefficient (Wildman–Crippen LogP) is 2.29. The quantitative estimate of drug-likeness (QED) is 0.824. The molecule has 0 saturated heterocycles. The van der Waals surface area contributed by atoms with E-state index in [-0.39, 0.29) is 6.03 Å². The SMILES string of the molecule is CCn1cnnc1CNC(=O)NCC[C@H](C)c1ccccc1. The van der Waals surface area contributed by atoms with Crippen molar-refractivity contribution >= 4 is 6.03 Å². The molecule has 6 heteroatoms. The standard InChI is InChI=1S/C16H23N5O/c1-3-21-12-19-20-15(21)11-18-16(22)17-10-9-13(2)14-7-5-4-6-8-14/h4-8,12-13H,3,9-11H2,1-2H3,(H2,17,18,22)/t13-/m0/s1. The van der Waals surface area contributed by atoms with Crippen molar-refractivity contribution in [2.24, 2.45) is 0 Å². The van der Waals surface area contributed by atoms with Crippen LogP contribution in [0.3, 0.4) is 0 Å². The summed E-state index contributed by atoms with van der Waals surface area (Å²) >= 11 is 0. The summed E-state index contributed by atoms with van der Waals surface area (Å²) in [6.45, 7) is 5.99. The minimum atomic E-state index is -0.175. The van der Waals surface area contributed by atoms with E-state index in [4.69, 9.17) is 0 Å². The van der Waals surface area contributed by atoms with Crippen molar-refractivity contribution in [3.05, 3.63) is 48.0 Å². The highest BCUT2D eigenvalue weighted by atomic mass is 16.2. The second-order valence-corrected chi connectivity index (χ2v) is 5.24. The Labute approximate surface area is 130 Å². The first-order chi connectivity index (χ1) is 10.7. The number of hydrogen-bond donors (Lipinski definition) is 2. The minimum absolute atomic E-state index is 0.175. The first kappa shape index (κ1) is 16.0. The van der Waals surface area contributed by atoms with Gasteiger partial charge in [-0.1, -0.05) is 37.3 Å². The number of nitrogens with one attached hydrogen (secondary N) is 2. The lowest BCUT2D eigenvalue weighted by Gasteiger charge is -2.13. The van der Waals surface area contributed by atoms with Crippen LogP contribution < -0.4 is 10.6 Å². The summed E-state index contributed by atoms with van der Waals surface area (Å²) in [6.07, 6.45) is 2.57. The topological polar surface area (TPSA) is 71.8 Å². The van der Waals surface area contributed by atoms with Crippen molar-refractivity contribution in [2.75, 3.05) is 6.54 Å². The molecular formula is C16H23N5O. The molecule has 0 saturated carbocycles. The summed E-state index contributed by atoms with van der Waals surface area (Å²) in [6, 6.07) is 10.1. The van der Waals surface area contributed by atoms with Crippen molar-refractivity contribution in [1.82, 2.24) is 25.4 Å². The van der Waals surface area contributed by atoms with E-state index in [0.717, 1.165) is 18.8 Å². The van der Waals surface area contributed by atoms with E-state index in [1.165, 1.54) is 5.56 Å². The van der Waals surface area contributed by atoms with Crippen LogP contribution in [-0.4, -0.2) is 27.3 Å². The molecule has 2 rings (SSSR count). The fourth-order valence-electron chi connectivity index (χ4n) is 2.25. The van der Waals surface area contributed by atoms with Crippen LogP contribution in [0.2, 0.25) is 0 Å². The van der Waals surface area contributed by atoms with Gasteiger partial charge in [0.2, 0.25) is 0 Å². The minimum Gasteiger partial charge on any atom is -0.338 e. The van der Waals surface area contributed by atoms with Crippen molar-refractivity contribution in [3.63, 3.8) is 0 Å². The highest BCUT2D eigenvalue weighted by molar-refractivity contribution is 5.73. The van der Waals surface area contributed by atoms with Gasteiger partial charge in [-0.3, -0.25) is 0 Å². The summed E-state index contributed by atoms with van der Waals surface area (Å²) in [7, 11) is 0. The molecule has 0 spiro atoms.